The van der Waals surface area contributed by atoms with Gasteiger partial charge in [-0.25, -0.2) is 8.42 Å². The summed E-state index contributed by atoms with van der Waals surface area (Å²) < 4.78 is 34.8. The number of benzene rings is 2. The molecule has 1 saturated heterocycles. The Morgan fingerprint density at radius 3 is 2.54 bits per heavy atom. The molecule has 7 heteroatoms. The third-order valence-corrected chi connectivity index (χ3v) is 6.59. The minimum atomic E-state index is -3.11. The van der Waals surface area contributed by atoms with Crippen LogP contribution in [0, 0.1) is 6.92 Å². The molecule has 0 spiro atoms. The number of hydrogen-bond acceptors (Lipinski definition) is 5. The lowest BCUT2D eigenvalue weighted by molar-refractivity contribution is -0.136. The second-order valence-electron chi connectivity index (χ2n) is 7.03. The van der Waals surface area contributed by atoms with Crippen molar-refractivity contribution in [1.29, 1.82) is 0 Å². The predicted octanol–water partition coefficient (Wildman–Crippen LogP) is 2.60. The van der Waals surface area contributed by atoms with Gasteiger partial charge in [-0.1, -0.05) is 29.8 Å². The van der Waals surface area contributed by atoms with Crippen molar-refractivity contribution in [2.24, 2.45) is 0 Å². The first-order valence-electron chi connectivity index (χ1n) is 9.18. The van der Waals surface area contributed by atoms with E-state index in [4.69, 9.17) is 9.47 Å². The van der Waals surface area contributed by atoms with Crippen molar-refractivity contribution in [3.63, 3.8) is 0 Å². The van der Waals surface area contributed by atoms with Crippen molar-refractivity contribution < 1.29 is 22.7 Å². The number of carbonyl (C=O) groups is 1. The SMILES string of the molecule is COc1cccc(CN(C(=O)COc2ccc(C)cc2)[C@H]2CCS(=O)(=O)C2)c1. The van der Waals surface area contributed by atoms with Crippen LogP contribution in [0.4, 0.5) is 0 Å². The molecule has 0 bridgehead atoms. The third-order valence-electron chi connectivity index (χ3n) is 4.84. The number of nitrogens with zero attached hydrogens (tertiary/aromatic N) is 1. The maximum absolute atomic E-state index is 12.9. The van der Waals surface area contributed by atoms with E-state index in [0.717, 1.165) is 11.1 Å². The van der Waals surface area contributed by atoms with Crippen LogP contribution in [-0.4, -0.2) is 50.5 Å². The van der Waals surface area contributed by atoms with Gasteiger partial charge in [0.1, 0.15) is 11.5 Å². The topological polar surface area (TPSA) is 72.9 Å². The van der Waals surface area contributed by atoms with E-state index in [1.165, 1.54) is 0 Å². The lowest BCUT2D eigenvalue weighted by Gasteiger charge is -2.28. The number of carbonyl (C=O) groups excluding carboxylic acids is 1. The Morgan fingerprint density at radius 2 is 1.89 bits per heavy atom. The van der Waals surface area contributed by atoms with Crippen LogP contribution in [-0.2, 0) is 21.2 Å². The molecule has 0 saturated carbocycles. The third kappa shape index (κ3) is 5.25. The Hall–Kier alpha value is -2.54. The Morgan fingerprint density at radius 1 is 1.14 bits per heavy atom. The standard InChI is InChI=1S/C21H25NO5S/c1-16-6-8-19(9-7-16)27-14-21(23)22(18-10-11-28(24,25)15-18)13-17-4-3-5-20(12-17)26-2/h3-9,12,18H,10-11,13-15H2,1-2H3/t18-/m0/s1. The second-order valence-corrected chi connectivity index (χ2v) is 9.26. The summed E-state index contributed by atoms with van der Waals surface area (Å²) in [4.78, 5) is 14.5. The Balaban J connectivity index is 1.74. The Labute approximate surface area is 166 Å². The van der Waals surface area contributed by atoms with E-state index in [1.807, 2.05) is 55.5 Å². The van der Waals surface area contributed by atoms with Crippen LogP contribution >= 0.6 is 0 Å². The van der Waals surface area contributed by atoms with Gasteiger partial charge in [0, 0.05) is 12.6 Å². The molecule has 2 aromatic rings. The summed E-state index contributed by atoms with van der Waals surface area (Å²) in [7, 11) is -1.53. The lowest BCUT2D eigenvalue weighted by atomic mass is 10.1. The van der Waals surface area contributed by atoms with Crippen molar-refractivity contribution >= 4 is 15.7 Å². The summed E-state index contributed by atoms with van der Waals surface area (Å²) in [6.45, 7) is 2.16. The van der Waals surface area contributed by atoms with Crippen LogP contribution in [0.25, 0.3) is 0 Å². The fourth-order valence-corrected chi connectivity index (χ4v) is 5.00. The van der Waals surface area contributed by atoms with Gasteiger partial charge in [-0.3, -0.25) is 4.79 Å². The predicted molar refractivity (Wildman–Crippen MR) is 107 cm³/mol. The largest absolute Gasteiger partial charge is 0.497 e. The highest BCUT2D eigenvalue weighted by Crippen LogP contribution is 2.22. The quantitative estimate of drug-likeness (QED) is 0.711. The van der Waals surface area contributed by atoms with Crippen LogP contribution in [0.15, 0.2) is 48.5 Å². The average molecular weight is 404 g/mol. The van der Waals surface area contributed by atoms with Gasteiger partial charge in [-0.15, -0.1) is 0 Å². The number of hydrogen-bond donors (Lipinski definition) is 0. The summed E-state index contributed by atoms with van der Waals surface area (Å²) in [5, 5.41) is 0. The van der Waals surface area contributed by atoms with Gasteiger partial charge in [0.05, 0.1) is 18.6 Å². The van der Waals surface area contributed by atoms with Gasteiger partial charge in [-0.2, -0.15) is 0 Å². The number of methoxy groups -OCH3 is 1. The molecule has 1 aliphatic rings. The van der Waals surface area contributed by atoms with E-state index in [-0.39, 0.29) is 30.1 Å². The molecule has 2 aromatic carbocycles. The molecule has 0 N–H and O–H groups in total. The van der Waals surface area contributed by atoms with E-state index < -0.39 is 9.84 Å². The average Bonchev–Trinajstić information content (AvgIpc) is 3.05. The Bertz CT molecular complexity index is 924. The molecule has 3 rings (SSSR count). The molecular weight excluding hydrogens is 378 g/mol. The maximum atomic E-state index is 12.9. The van der Waals surface area contributed by atoms with Gasteiger partial charge in [0.25, 0.3) is 5.91 Å². The molecule has 0 aliphatic carbocycles. The van der Waals surface area contributed by atoms with Gasteiger partial charge in [-0.05, 0) is 43.2 Å². The smallest absolute Gasteiger partial charge is 0.261 e. The first kappa shape index (κ1) is 20.2. The molecular formula is C21H25NO5S. The first-order valence-corrected chi connectivity index (χ1v) is 11.0. The maximum Gasteiger partial charge on any atom is 0.261 e. The summed E-state index contributed by atoms with van der Waals surface area (Å²) in [6.07, 6.45) is 0.447. The molecule has 6 nitrogen and oxygen atoms in total. The minimum absolute atomic E-state index is 0.00671. The number of amides is 1. The van der Waals surface area contributed by atoms with Crippen molar-refractivity contribution in [1.82, 2.24) is 4.90 Å². The van der Waals surface area contributed by atoms with Crippen molar-refractivity contribution in [3.05, 3.63) is 59.7 Å². The molecule has 0 radical (unpaired) electrons. The Kier molecular flexibility index (Phi) is 6.24. The van der Waals surface area contributed by atoms with Gasteiger partial charge < -0.3 is 14.4 Å². The highest BCUT2D eigenvalue weighted by Gasteiger charge is 2.34. The van der Waals surface area contributed by atoms with E-state index in [1.54, 1.807) is 12.0 Å². The normalized spacial score (nSPS) is 17.9. The molecule has 0 aromatic heterocycles. The van der Waals surface area contributed by atoms with Gasteiger partial charge >= 0.3 is 0 Å². The number of rotatable bonds is 7. The van der Waals surface area contributed by atoms with E-state index in [0.29, 0.717) is 24.5 Å². The zero-order chi connectivity index (χ0) is 20.1. The van der Waals surface area contributed by atoms with Crippen molar-refractivity contribution in [3.8, 4) is 11.5 Å². The first-order chi connectivity index (χ1) is 13.4. The molecule has 1 heterocycles. The summed E-state index contributed by atoms with van der Waals surface area (Å²) >= 11 is 0. The van der Waals surface area contributed by atoms with E-state index in [9.17, 15) is 13.2 Å². The molecule has 150 valence electrons. The fourth-order valence-electron chi connectivity index (χ4n) is 3.27. The molecule has 0 unspecified atom stereocenters. The summed E-state index contributed by atoms with van der Waals surface area (Å²) in [6, 6.07) is 14.5. The minimum Gasteiger partial charge on any atom is -0.497 e. The number of sulfone groups is 1. The zero-order valence-corrected chi connectivity index (χ0v) is 16.9. The molecule has 1 atom stereocenters. The number of aryl methyl sites for hydroxylation is 1. The lowest BCUT2D eigenvalue weighted by Crippen LogP contribution is -2.43. The molecule has 1 amide bonds. The summed E-state index contributed by atoms with van der Waals surface area (Å²) in [5.41, 5.74) is 1.99. The fraction of sp³-hybridized carbons (Fsp3) is 0.381. The van der Waals surface area contributed by atoms with Crippen LogP contribution in [0.5, 0.6) is 11.5 Å². The molecule has 1 aliphatic heterocycles. The molecule has 28 heavy (non-hydrogen) atoms. The highest BCUT2D eigenvalue weighted by atomic mass is 32.2. The highest BCUT2D eigenvalue weighted by molar-refractivity contribution is 7.91. The number of ether oxygens (including phenoxy) is 2. The van der Waals surface area contributed by atoms with E-state index >= 15 is 0 Å². The van der Waals surface area contributed by atoms with Gasteiger partial charge in [0.15, 0.2) is 16.4 Å². The van der Waals surface area contributed by atoms with Crippen LogP contribution < -0.4 is 9.47 Å². The van der Waals surface area contributed by atoms with Crippen molar-refractivity contribution in [2.45, 2.75) is 25.9 Å². The van der Waals surface area contributed by atoms with E-state index in [2.05, 4.69) is 0 Å². The van der Waals surface area contributed by atoms with Crippen molar-refractivity contribution in [2.75, 3.05) is 25.2 Å². The zero-order valence-electron chi connectivity index (χ0n) is 16.1. The monoisotopic (exact) mass is 403 g/mol. The summed E-state index contributed by atoms with van der Waals surface area (Å²) in [5.74, 6) is 1.18. The van der Waals surface area contributed by atoms with Crippen LogP contribution in [0.1, 0.15) is 17.5 Å². The van der Waals surface area contributed by atoms with Crippen LogP contribution in [0.3, 0.4) is 0 Å². The van der Waals surface area contributed by atoms with Gasteiger partial charge in [0.2, 0.25) is 0 Å². The second kappa shape index (κ2) is 8.65. The molecule has 1 fully saturated rings. The van der Waals surface area contributed by atoms with Crippen LogP contribution in [0.2, 0.25) is 0 Å².